The molecular formula is C12H14N4O3. The van der Waals surface area contributed by atoms with E-state index in [0.29, 0.717) is 23.7 Å². The molecule has 0 amide bonds. The van der Waals surface area contributed by atoms with Gasteiger partial charge in [0.05, 0.1) is 4.92 Å². The van der Waals surface area contributed by atoms with Crippen molar-refractivity contribution in [2.45, 2.75) is 19.4 Å². The fourth-order valence-corrected chi connectivity index (χ4v) is 1.58. The highest BCUT2D eigenvalue weighted by Gasteiger charge is 2.13. The molecule has 100 valence electrons. The maximum Gasteiger partial charge on any atom is 0.270 e. The van der Waals surface area contributed by atoms with E-state index in [4.69, 9.17) is 4.52 Å². The van der Waals surface area contributed by atoms with Gasteiger partial charge in [-0.3, -0.25) is 10.1 Å². The molecule has 0 fully saturated rings. The molecule has 2 rings (SSSR count). The summed E-state index contributed by atoms with van der Waals surface area (Å²) in [5, 5.41) is 17.6. The van der Waals surface area contributed by atoms with Crippen molar-refractivity contribution < 1.29 is 9.45 Å². The van der Waals surface area contributed by atoms with Crippen molar-refractivity contribution in [2.75, 3.05) is 7.05 Å². The third kappa shape index (κ3) is 3.14. The molecule has 2 aromatic rings. The third-order valence-electron chi connectivity index (χ3n) is 2.76. The van der Waals surface area contributed by atoms with Gasteiger partial charge < -0.3 is 9.84 Å². The lowest BCUT2D eigenvalue weighted by atomic mass is 10.2. The van der Waals surface area contributed by atoms with Crippen molar-refractivity contribution >= 4 is 5.69 Å². The number of non-ortho nitro benzene ring substituents is 1. The molecule has 7 heteroatoms. The van der Waals surface area contributed by atoms with Crippen molar-refractivity contribution in [3.8, 4) is 11.4 Å². The first-order chi connectivity index (χ1) is 9.10. The SMILES string of the molecule is CNC(C)Cc1nc(-c2cccc([N+](=O)[O-])c2)no1. The van der Waals surface area contributed by atoms with Gasteiger partial charge >= 0.3 is 0 Å². The summed E-state index contributed by atoms with van der Waals surface area (Å²) in [4.78, 5) is 14.5. The summed E-state index contributed by atoms with van der Waals surface area (Å²) in [5.41, 5.74) is 0.578. The van der Waals surface area contributed by atoms with Crippen molar-refractivity contribution in [1.82, 2.24) is 15.5 Å². The molecule has 7 nitrogen and oxygen atoms in total. The monoisotopic (exact) mass is 262 g/mol. The lowest BCUT2D eigenvalue weighted by Gasteiger charge is -2.04. The predicted molar refractivity (Wildman–Crippen MR) is 68.6 cm³/mol. The Morgan fingerprint density at radius 1 is 1.53 bits per heavy atom. The Morgan fingerprint density at radius 2 is 2.32 bits per heavy atom. The number of nitro benzene ring substituents is 1. The molecule has 1 aromatic heterocycles. The van der Waals surface area contributed by atoms with Gasteiger partial charge in [0, 0.05) is 30.2 Å². The first-order valence-corrected chi connectivity index (χ1v) is 5.85. The van der Waals surface area contributed by atoms with Gasteiger partial charge in [-0.2, -0.15) is 4.98 Å². The molecule has 19 heavy (non-hydrogen) atoms. The van der Waals surface area contributed by atoms with Crippen LogP contribution >= 0.6 is 0 Å². The van der Waals surface area contributed by atoms with E-state index in [1.54, 1.807) is 12.1 Å². The van der Waals surface area contributed by atoms with Gasteiger partial charge in [-0.25, -0.2) is 0 Å². The molecule has 1 atom stereocenters. The zero-order valence-electron chi connectivity index (χ0n) is 10.7. The van der Waals surface area contributed by atoms with Crippen LogP contribution in [0.4, 0.5) is 5.69 Å². The molecule has 1 aromatic carbocycles. The number of aromatic nitrogens is 2. The van der Waals surface area contributed by atoms with Crippen LogP contribution in [0.5, 0.6) is 0 Å². The minimum atomic E-state index is -0.451. The van der Waals surface area contributed by atoms with E-state index in [0.717, 1.165) is 0 Å². The van der Waals surface area contributed by atoms with Crippen molar-refractivity contribution in [3.63, 3.8) is 0 Å². The van der Waals surface area contributed by atoms with Gasteiger partial charge in [-0.05, 0) is 14.0 Å². The number of nitrogens with zero attached hydrogens (tertiary/aromatic N) is 3. The lowest BCUT2D eigenvalue weighted by Crippen LogP contribution is -2.23. The van der Waals surface area contributed by atoms with E-state index < -0.39 is 4.92 Å². The molecule has 1 heterocycles. The highest BCUT2D eigenvalue weighted by atomic mass is 16.6. The van der Waals surface area contributed by atoms with Gasteiger partial charge in [0.25, 0.3) is 5.69 Å². The summed E-state index contributed by atoms with van der Waals surface area (Å²) in [6.45, 7) is 2.00. The van der Waals surface area contributed by atoms with Crippen molar-refractivity contribution in [1.29, 1.82) is 0 Å². The van der Waals surface area contributed by atoms with Gasteiger partial charge in [0.2, 0.25) is 11.7 Å². The lowest BCUT2D eigenvalue weighted by molar-refractivity contribution is -0.384. The topological polar surface area (TPSA) is 94.1 Å². The third-order valence-corrected chi connectivity index (χ3v) is 2.76. The number of benzene rings is 1. The molecule has 0 saturated carbocycles. The fraction of sp³-hybridized carbons (Fsp3) is 0.333. The number of nitrogens with one attached hydrogen (secondary N) is 1. The maximum atomic E-state index is 10.7. The van der Waals surface area contributed by atoms with Crippen LogP contribution in [0.15, 0.2) is 28.8 Å². The molecule has 0 bridgehead atoms. The average molecular weight is 262 g/mol. The van der Waals surface area contributed by atoms with Gasteiger partial charge in [0.1, 0.15) is 0 Å². The van der Waals surface area contributed by atoms with Crippen LogP contribution in [-0.2, 0) is 6.42 Å². The molecule has 1 N–H and O–H groups in total. The normalized spacial score (nSPS) is 12.3. The Labute approximate surface area is 109 Å². The van der Waals surface area contributed by atoms with Crippen LogP contribution in [-0.4, -0.2) is 28.2 Å². The van der Waals surface area contributed by atoms with Crippen LogP contribution < -0.4 is 5.32 Å². The van der Waals surface area contributed by atoms with Crippen LogP contribution in [0.1, 0.15) is 12.8 Å². The average Bonchev–Trinajstić information content (AvgIpc) is 2.87. The molecule has 1 unspecified atom stereocenters. The number of hydrogen-bond donors (Lipinski definition) is 1. The first kappa shape index (κ1) is 13.2. The zero-order chi connectivity index (χ0) is 13.8. The molecular weight excluding hydrogens is 248 g/mol. The maximum absolute atomic E-state index is 10.7. The van der Waals surface area contributed by atoms with E-state index >= 15 is 0 Å². The van der Waals surface area contributed by atoms with Crippen LogP contribution in [0.2, 0.25) is 0 Å². The van der Waals surface area contributed by atoms with Crippen LogP contribution in [0.3, 0.4) is 0 Å². The molecule has 0 saturated heterocycles. The second-order valence-electron chi connectivity index (χ2n) is 4.21. The van der Waals surface area contributed by atoms with Crippen molar-refractivity contribution in [2.24, 2.45) is 0 Å². The van der Waals surface area contributed by atoms with Gasteiger partial charge in [-0.1, -0.05) is 17.3 Å². The van der Waals surface area contributed by atoms with Crippen LogP contribution in [0.25, 0.3) is 11.4 Å². The molecule has 0 aliphatic rings. The largest absolute Gasteiger partial charge is 0.339 e. The molecule has 0 radical (unpaired) electrons. The molecule has 0 spiro atoms. The Morgan fingerprint density at radius 3 is 3.00 bits per heavy atom. The highest BCUT2D eigenvalue weighted by Crippen LogP contribution is 2.21. The summed E-state index contributed by atoms with van der Waals surface area (Å²) < 4.78 is 5.12. The van der Waals surface area contributed by atoms with E-state index in [1.807, 2.05) is 14.0 Å². The highest BCUT2D eigenvalue weighted by molar-refractivity contribution is 5.58. The quantitative estimate of drug-likeness (QED) is 0.652. The Kier molecular flexibility index (Phi) is 3.86. The number of nitro groups is 1. The van der Waals surface area contributed by atoms with E-state index in [2.05, 4.69) is 15.5 Å². The summed E-state index contributed by atoms with van der Waals surface area (Å²) in [5.74, 6) is 0.866. The van der Waals surface area contributed by atoms with Gasteiger partial charge in [-0.15, -0.1) is 0 Å². The number of likely N-dealkylation sites (N-methyl/N-ethyl adjacent to an activating group) is 1. The molecule has 0 aliphatic carbocycles. The fourth-order valence-electron chi connectivity index (χ4n) is 1.58. The minimum absolute atomic E-state index is 0.00689. The molecule has 0 aliphatic heterocycles. The second kappa shape index (κ2) is 5.57. The smallest absolute Gasteiger partial charge is 0.270 e. The Bertz CT molecular complexity index is 582. The first-order valence-electron chi connectivity index (χ1n) is 5.85. The Balaban J connectivity index is 2.22. The van der Waals surface area contributed by atoms with Gasteiger partial charge in [0.15, 0.2) is 0 Å². The standard InChI is InChI=1S/C12H14N4O3/c1-8(13-2)6-11-14-12(15-19-11)9-4-3-5-10(7-9)16(17)18/h3-5,7-8,13H,6H2,1-2H3. The summed E-state index contributed by atoms with van der Waals surface area (Å²) in [6, 6.07) is 6.38. The minimum Gasteiger partial charge on any atom is -0.339 e. The summed E-state index contributed by atoms with van der Waals surface area (Å²) >= 11 is 0. The van der Waals surface area contributed by atoms with E-state index in [1.165, 1.54) is 12.1 Å². The Hall–Kier alpha value is -2.28. The number of rotatable bonds is 5. The van der Waals surface area contributed by atoms with E-state index in [-0.39, 0.29) is 11.7 Å². The summed E-state index contributed by atoms with van der Waals surface area (Å²) in [6.07, 6.45) is 0.610. The second-order valence-corrected chi connectivity index (χ2v) is 4.21. The summed E-state index contributed by atoms with van der Waals surface area (Å²) in [7, 11) is 1.85. The van der Waals surface area contributed by atoms with Crippen molar-refractivity contribution in [3.05, 3.63) is 40.3 Å². The zero-order valence-corrected chi connectivity index (χ0v) is 10.7. The predicted octanol–water partition coefficient (Wildman–Crippen LogP) is 1.80. The van der Waals surface area contributed by atoms with Crippen LogP contribution in [0, 0.1) is 10.1 Å². The number of hydrogen-bond acceptors (Lipinski definition) is 6. The van der Waals surface area contributed by atoms with E-state index in [9.17, 15) is 10.1 Å².